The standard InChI is InChI=1S/C21H21N5O/c1-24-17-9-5-6-10-19(17)27-21-18(24)15-20(22-23-21)26-13-11-25(12-14-26)16-7-3-2-4-8-16/h2-10,15H,11-14H2,1H3. The van der Waals surface area contributed by atoms with Gasteiger partial charge in [0.2, 0.25) is 0 Å². The SMILES string of the molecule is CN1c2ccccc2Oc2nnc(N3CCN(c4ccccc4)CC3)cc21. The number of para-hydroxylation sites is 3. The average molecular weight is 359 g/mol. The van der Waals surface area contributed by atoms with Crippen molar-refractivity contribution in [3.05, 3.63) is 60.7 Å². The van der Waals surface area contributed by atoms with E-state index >= 15 is 0 Å². The second-order valence-electron chi connectivity index (χ2n) is 6.83. The lowest BCUT2D eigenvalue weighted by molar-refractivity contribution is 0.448. The van der Waals surface area contributed by atoms with Crippen LogP contribution in [-0.2, 0) is 0 Å². The Hall–Kier alpha value is -3.28. The van der Waals surface area contributed by atoms with Crippen LogP contribution < -0.4 is 19.4 Å². The Morgan fingerprint density at radius 2 is 1.48 bits per heavy atom. The van der Waals surface area contributed by atoms with Crippen LogP contribution in [0.3, 0.4) is 0 Å². The number of hydrogen-bond acceptors (Lipinski definition) is 6. The zero-order valence-electron chi connectivity index (χ0n) is 15.2. The quantitative estimate of drug-likeness (QED) is 0.696. The second kappa shape index (κ2) is 6.46. The van der Waals surface area contributed by atoms with Crippen LogP contribution >= 0.6 is 0 Å². The number of piperazine rings is 1. The number of hydrogen-bond donors (Lipinski definition) is 0. The summed E-state index contributed by atoms with van der Waals surface area (Å²) in [5.74, 6) is 2.27. The van der Waals surface area contributed by atoms with Crippen molar-refractivity contribution in [3.63, 3.8) is 0 Å². The zero-order chi connectivity index (χ0) is 18.2. The summed E-state index contributed by atoms with van der Waals surface area (Å²) < 4.78 is 5.92. The molecule has 0 radical (unpaired) electrons. The minimum Gasteiger partial charge on any atom is -0.434 e. The lowest BCUT2D eigenvalue weighted by Crippen LogP contribution is -2.47. The van der Waals surface area contributed by atoms with Crippen LogP contribution in [0.5, 0.6) is 11.6 Å². The molecule has 0 atom stereocenters. The van der Waals surface area contributed by atoms with E-state index in [-0.39, 0.29) is 0 Å². The van der Waals surface area contributed by atoms with Crippen LogP contribution in [0.15, 0.2) is 60.7 Å². The summed E-state index contributed by atoms with van der Waals surface area (Å²) in [5, 5.41) is 8.78. The number of ether oxygens (including phenoxy) is 1. The lowest BCUT2D eigenvalue weighted by Gasteiger charge is -2.37. The van der Waals surface area contributed by atoms with Gasteiger partial charge in [-0.2, -0.15) is 0 Å². The van der Waals surface area contributed by atoms with E-state index < -0.39 is 0 Å². The van der Waals surface area contributed by atoms with Gasteiger partial charge in [-0.05, 0) is 24.3 Å². The van der Waals surface area contributed by atoms with E-state index in [0.717, 1.165) is 49.1 Å². The maximum absolute atomic E-state index is 5.92. The Bertz CT molecular complexity index is 954. The molecule has 2 aliphatic rings. The fourth-order valence-electron chi connectivity index (χ4n) is 3.72. The van der Waals surface area contributed by atoms with E-state index in [9.17, 15) is 0 Å². The molecular weight excluding hydrogens is 338 g/mol. The Labute approximate surface area is 158 Å². The molecule has 0 unspecified atom stereocenters. The van der Waals surface area contributed by atoms with Gasteiger partial charge in [0.15, 0.2) is 11.6 Å². The first-order valence-corrected chi connectivity index (χ1v) is 9.23. The normalized spacial score (nSPS) is 15.8. The van der Waals surface area contributed by atoms with Gasteiger partial charge in [0.1, 0.15) is 5.69 Å². The van der Waals surface area contributed by atoms with Crippen molar-refractivity contribution >= 4 is 22.9 Å². The first kappa shape index (κ1) is 15.9. The molecular formula is C21H21N5O. The molecule has 6 nitrogen and oxygen atoms in total. The largest absolute Gasteiger partial charge is 0.434 e. The Balaban J connectivity index is 1.35. The lowest BCUT2D eigenvalue weighted by atomic mass is 10.2. The summed E-state index contributed by atoms with van der Waals surface area (Å²) in [6.45, 7) is 3.78. The van der Waals surface area contributed by atoms with E-state index in [1.165, 1.54) is 5.69 Å². The maximum Gasteiger partial charge on any atom is 0.263 e. The van der Waals surface area contributed by atoms with Crippen molar-refractivity contribution in [2.45, 2.75) is 0 Å². The third kappa shape index (κ3) is 2.83. The molecule has 1 fully saturated rings. The fraction of sp³-hybridized carbons (Fsp3) is 0.238. The van der Waals surface area contributed by atoms with E-state index in [2.05, 4.69) is 67.4 Å². The number of fused-ring (bicyclic) bond motifs is 2. The summed E-state index contributed by atoms with van der Waals surface area (Å²) in [6, 6.07) is 20.6. The summed E-state index contributed by atoms with van der Waals surface area (Å²) in [7, 11) is 2.04. The van der Waals surface area contributed by atoms with Crippen LogP contribution in [0.4, 0.5) is 22.9 Å². The first-order valence-electron chi connectivity index (χ1n) is 9.23. The molecule has 1 aromatic heterocycles. The second-order valence-corrected chi connectivity index (χ2v) is 6.83. The highest BCUT2D eigenvalue weighted by Gasteiger charge is 2.26. The van der Waals surface area contributed by atoms with Crippen molar-refractivity contribution in [3.8, 4) is 11.6 Å². The third-order valence-corrected chi connectivity index (χ3v) is 5.25. The molecule has 0 amide bonds. The molecule has 0 bridgehead atoms. The van der Waals surface area contributed by atoms with Crippen molar-refractivity contribution in [2.75, 3.05) is 47.9 Å². The summed E-state index contributed by atoms with van der Waals surface area (Å²) in [5.41, 5.74) is 3.26. The highest BCUT2D eigenvalue weighted by atomic mass is 16.5. The van der Waals surface area contributed by atoms with Crippen LogP contribution in [0.25, 0.3) is 0 Å². The number of rotatable bonds is 2. The molecule has 0 spiro atoms. The maximum atomic E-state index is 5.92. The number of aromatic nitrogens is 2. The van der Waals surface area contributed by atoms with Crippen molar-refractivity contribution < 1.29 is 4.74 Å². The van der Waals surface area contributed by atoms with Crippen LogP contribution in [-0.4, -0.2) is 43.4 Å². The highest BCUT2D eigenvalue weighted by Crippen LogP contribution is 2.44. The van der Waals surface area contributed by atoms with Gasteiger partial charge in [0.05, 0.1) is 5.69 Å². The van der Waals surface area contributed by atoms with Crippen LogP contribution in [0.2, 0.25) is 0 Å². The van der Waals surface area contributed by atoms with E-state index in [1.54, 1.807) is 0 Å². The zero-order valence-corrected chi connectivity index (χ0v) is 15.2. The predicted molar refractivity (Wildman–Crippen MR) is 107 cm³/mol. The first-order chi connectivity index (χ1) is 13.3. The van der Waals surface area contributed by atoms with E-state index in [4.69, 9.17) is 4.74 Å². The van der Waals surface area contributed by atoms with Gasteiger partial charge in [-0.1, -0.05) is 30.3 Å². The third-order valence-electron chi connectivity index (χ3n) is 5.25. The van der Waals surface area contributed by atoms with Gasteiger partial charge in [0, 0.05) is 45.0 Å². The Morgan fingerprint density at radius 1 is 0.778 bits per heavy atom. The van der Waals surface area contributed by atoms with Crippen LogP contribution in [0.1, 0.15) is 0 Å². The fourth-order valence-corrected chi connectivity index (χ4v) is 3.72. The van der Waals surface area contributed by atoms with Crippen molar-refractivity contribution in [2.24, 2.45) is 0 Å². The minimum atomic E-state index is 0.558. The van der Waals surface area contributed by atoms with Crippen molar-refractivity contribution in [1.29, 1.82) is 0 Å². The summed E-state index contributed by atoms with van der Waals surface area (Å²) in [6.07, 6.45) is 0. The molecule has 27 heavy (non-hydrogen) atoms. The highest BCUT2D eigenvalue weighted by molar-refractivity contribution is 5.77. The number of benzene rings is 2. The smallest absolute Gasteiger partial charge is 0.263 e. The van der Waals surface area contributed by atoms with E-state index in [0.29, 0.717) is 5.88 Å². The van der Waals surface area contributed by atoms with Gasteiger partial charge in [-0.25, -0.2) is 0 Å². The molecule has 0 saturated carbocycles. The van der Waals surface area contributed by atoms with Crippen molar-refractivity contribution in [1.82, 2.24) is 10.2 Å². The average Bonchev–Trinajstić information content (AvgIpc) is 2.75. The molecule has 0 N–H and O–H groups in total. The number of anilines is 4. The summed E-state index contributed by atoms with van der Waals surface area (Å²) in [4.78, 5) is 6.82. The Kier molecular flexibility index (Phi) is 3.81. The molecule has 0 aliphatic carbocycles. The molecule has 1 saturated heterocycles. The van der Waals surface area contributed by atoms with Gasteiger partial charge in [-0.15, -0.1) is 10.2 Å². The topological polar surface area (TPSA) is 44.7 Å². The van der Waals surface area contributed by atoms with Gasteiger partial charge >= 0.3 is 0 Å². The predicted octanol–water partition coefficient (Wildman–Crippen LogP) is 3.68. The van der Waals surface area contributed by atoms with Gasteiger partial charge in [0.25, 0.3) is 5.88 Å². The molecule has 136 valence electrons. The molecule has 6 heteroatoms. The monoisotopic (exact) mass is 359 g/mol. The molecule has 3 heterocycles. The van der Waals surface area contributed by atoms with Crippen LogP contribution in [0, 0.1) is 0 Å². The minimum absolute atomic E-state index is 0.558. The Morgan fingerprint density at radius 3 is 2.30 bits per heavy atom. The van der Waals surface area contributed by atoms with E-state index in [1.807, 2.05) is 25.2 Å². The van der Waals surface area contributed by atoms with Gasteiger partial charge < -0.3 is 19.4 Å². The van der Waals surface area contributed by atoms with Gasteiger partial charge in [-0.3, -0.25) is 0 Å². The molecule has 5 rings (SSSR count). The number of nitrogens with zero attached hydrogens (tertiary/aromatic N) is 5. The summed E-state index contributed by atoms with van der Waals surface area (Å²) >= 11 is 0. The molecule has 3 aromatic rings. The molecule has 2 aliphatic heterocycles. The molecule has 2 aromatic carbocycles.